The molecule has 21 heavy (non-hydrogen) atoms. The van der Waals surface area contributed by atoms with Crippen LogP contribution in [0.1, 0.15) is 12.0 Å². The highest BCUT2D eigenvalue weighted by Gasteiger charge is 2.23. The summed E-state index contributed by atoms with van der Waals surface area (Å²) in [5, 5.41) is 9.88. The van der Waals surface area contributed by atoms with Crippen molar-refractivity contribution < 1.29 is 0 Å². The molecule has 0 bridgehead atoms. The van der Waals surface area contributed by atoms with E-state index >= 15 is 0 Å². The molecule has 0 fully saturated rings. The third-order valence-electron chi connectivity index (χ3n) is 3.94. The van der Waals surface area contributed by atoms with Crippen molar-refractivity contribution in [2.45, 2.75) is 18.6 Å². The van der Waals surface area contributed by atoms with Gasteiger partial charge in [-0.3, -0.25) is 25.9 Å². The lowest BCUT2D eigenvalue weighted by Crippen LogP contribution is -2.63. The van der Waals surface area contributed by atoms with E-state index < -0.39 is 0 Å². The van der Waals surface area contributed by atoms with Crippen LogP contribution in [0.15, 0.2) is 43.0 Å². The molecule has 0 spiro atoms. The van der Waals surface area contributed by atoms with Crippen molar-refractivity contribution in [2.24, 2.45) is 0 Å². The minimum Gasteiger partial charge on any atom is -0.290 e. The summed E-state index contributed by atoms with van der Waals surface area (Å²) in [5.74, 6) is -0.272. The predicted octanol–water partition coefficient (Wildman–Crippen LogP) is 1.39. The smallest absolute Gasteiger partial charge is 0.123 e. The first-order valence-corrected chi connectivity index (χ1v) is 7.14. The molecule has 0 atom stereocenters. The fraction of sp³-hybridized carbons (Fsp3) is 0.375. The second-order valence-corrected chi connectivity index (χ2v) is 4.92. The molecule has 0 aliphatic carbocycles. The largest absolute Gasteiger partial charge is 0.290 e. The molecular formula is C16H23N5. The molecule has 2 aromatic heterocycles. The monoisotopic (exact) mass is 285 g/mol. The van der Waals surface area contributed by atoms with E-state index in [1.807, 2.05) is 58.1 Å². The van der Waals surface area contributed by atoms with Crippen molar-refractivity contribution in [1.82, 2.24) is 25.9 Å². The van der Waals surface area contributed by atoms with Crippen LogP contribution in [0.3, 0.4) is 0 Å². The minimum absolute atomic E-state index is 0.272. The molecule has 0 radical (unpaired) electrons. The van der Waals surface area contributed by atoms with E-state index in [1.165, 1.54) is 16.7 Å². The molecule has 0 unspecified atom stereocenters. The summed E-state index contributed by atoms with van der Waals surface area (Å²) in [7, 11) is 5.83. The third-order valence-corrected chi connectivity index (χ3v) is 3.94. The van der Waals surface area contributed by atoms with E-state index in [1.54, 1.807) is 0 Å². The van der Waals surface area contributed by atoms with Gasteiger partial charge in [-0.05, 0) is 68.9 Å². The summed E-state index contributed by atoms with van der Waals surface area (Å²) in [4.78, 5) is 8.35. The van der Waals surface area contributed by atoms with Crippen LogP contribution in [0.2, 0.25) is 0 Å². The first kappa shape index (κ1) is 15.6. The molecule has 2 aromatic rings. The van der Waals surface area contributed by atoms with E-state index in [2.05, 4.69) is 32.0 Å². The Labute approximate surface area is 126 Å². The zero-order valence-corrected chi connectivity index (χ0v) is 12.9. The van der Waals surface area contributed by atoms with Crippen molar-refractivity contribution >= 4 is 0 Å². The van der Waals surface area contributed by atoms with E-state index in [4.69, 9.17) is 0 Å². The maximum Gasteiger partial charge on any atom is 0.123 e. The topological polar surface area (TPSA) is 61.9 Å². The van der Waals surface area contributed by atoms with E-state index in [0.717, 1.165) is 12.8 Å². The van der Waals surface area contributed by atoms with Gasteiger partial charge < -0.3 is 0 Å². The van der Waals surface area contributed by atoms with Crippen LogP contribution in [0.4, 0.5) is 0 Å². The number of pyridine rings is 2. The van der Waals surface area contributed by atoms with E-state index in [9.17, 15) is 0 Å². The molecule has 5 nitrogen and oxygen atoms in total. The number of hydrogen-bond donors (Lipinski definition) is 3. The van der Waals surface area contributed by atoms with Crippen molar-refractivity contribution in [3.05, 3.63) is 48.5 Å². The SMILES string of the molecule is CNC(CCc1cnccc1-c1ccncc1)(NC)NC. The Morgan fingerprint density at radius 2 is 1.52 bits per heavy atom. The molecule has 0 aliphatic heterocycles. The normalized spacial score (nSPS) is 11.6. The molecular weight excluding hydrogens is 262 g/mol. The van der Waals surface area contributed by atoms with Crippen molar-refractivity contribution in [2.75, 3.05) is 21.1 Å². The number of nitrogens with one attached hydrogen (secondary N) is 3. The minimum atomic E-state index is -0.272. The maximum atomic E-state index is 4.27. The van der Waals surface area contributed by atoms with Gasteiger partial charge in [0.25, 0.3) is 0 Å². The third kappa shape index (κ3) is 3.64. The second-order valence-electron chi connectivity index (χ2n) is 4.92. The number of hydrogen-bond acceptors (Lipinski definition) is 5. The van der Waals surface area contributed by atoms with Crippen LogP contribution in [0, 0.1) is 0 Å². The predicted molar refractivity (Wildman–Crippen MR) is 85.7 cm³/mol. The summed E-state index contributed by atoms with van der Waals surface area (Å²) >= 11 is 0. The van der Waals surface area contributed by atoms with E-state index in [0.29, 0.717) is 0 Å². The first-order chi connectivity index (χ1) is 10.2. The highest BCUT2D eigenvalue weighted by Crippen LogP contribution is 2.24. The highest BCUT2D eigenvalue weighted by molar-refractivity contribution is 5.66. The average molecular weight is 285 g/mol. The van der Waals surface area contributed by atoms with Crippen molar-refractivity contribution in [3.63, 3.8) is 0 Å². The second kappa shape index (κ2) is 7.26. The number of nitrogens with zero attached hydrogens (tertiary/aromatic N) is 2. The lowest BCUT2D eigenvalue weighted by atomic mass is 9.98. The number of aromatic nitrogens is 2. The van der Waals surface area contributed by atoms with Gasteiger partial charge in [-0.25, -0.2) is 0 Å². The van der Waals surface area contributed by atoms with Crippen LogP contribution >= 0.6 is 0 Å². The van der Waals surface area contributed by atoms with Gasteiger partial charge in [0.1, 0.15) is 5.79 Å². The van der Waals surface area contributed by atoms with Crippen LogP contribution in [0.25, 0.3) is 11.1 Å². The molecule has 2 rings (SSSR count). The summed E-state index contributed by atoms with van der Waals surface area (Å²) in [6.07, 6.45) is 9.23. The lowest BCUT2D eigenvalue weighted by Gasteiger charge is -2.33. The lowest BCUT2D eigenvalue weighted by molar-refractivity contribution is 0.228. The van der Waals surface area contributed by atoms with Gasteiger partial charge in [-0.1, -0.05) is 0 Å². The van der Waals surface area contributed by atoms with Crippen LogP contribution < -0.4 is 16.0 Å². The average Bonchev–Trinajstić information content (AvgIpc) is 2.58. The Bertz CT molecular complexity index is 543. The van der Waals surface area contributed by atoms with Crippen molar-refractivity contribution in [1.29, 1.82) is 0 Å². The van der Waals surface area contributed by atoms with Gasteiger partial charge in [0.05, 0.1) is 0 Å². The summed E-state index contributed by atoms with van der Waals surface area (Å²) < 4.78 is 0. The maximum absolute atomic E-state index is 4.27. The fourth-order valence-electron chi connectivity index (χ4n) is 2.51. The van der Waals surface area contributed by atoms with Gasteiger partial charge in [-0.15, -0.1) is 0 Å². The zero-order chi connectivity index (χ0) is 15.1. The number of aryl methyl sites for hydroxylation is 1. The standard InChI is InChI=1S/C16H23N5/c1-17-16(18-2,19-3)8-4-14-12-21-11-7-15(14)13-5-9-20-10-6-13/h5-7,9-12,17-19H,4,8H2,1-3H3. The first-order valence-electron chi connectivity index (χ1n) is 7.14. The fourth-order valence-corrected chi connectivity index (χ4v) is 2.51. The Balaban J connectivity index is 2.22. The molecule has 0 aliphatic rings. The molecule has 5 heteroatoms. The Morgan fingerprint density at radius 1 is 0.905 bits per heavy atom. The molecule has 0 saturated carbocycles. The van der Waals surface area contributed by atoms with Gasteiger partial charge in [-0.2, -0.15) is 0 Å². The quantitative estimate of drug-likeness (QED) is 0.671. The van der Waals surface area contributed by atoms with Crippen LogP contribution in [0.5, 0.6) is 0 Å². The Morgan fingerprint density at radius 3 is 2.14 bits per heavy atom. The molecule has 0 amide bonds. The summed E-state index contributed by atoms with van der Waals surface area (Å²) in [5.41, 5.74) is 3.62. The zero-order valence-electron chi connectivity index (χ0n) is 12.9. The highest BCUT2D eigenvalue weighted by atomic mass is 15.3. The molecule has 0 aromatic carbocycles. The van der Waals surface area contributed by atoms with Gasteiger partial charge in [0.2, 0.25) is 0 Å². The van der Waals surface area contributed by atoms with Crippen LogP contribution in [-0.4, -0.2) is 36.9 Å². The van der Waals surface area contributed by atoms with Crippen LogP contribution in [-0.2, 0) is 6.42 Å². The summed E-state index contributed by atoms with van der Waals surface area (Å²) in [6.45, 7) is 0. The number of rotatable bonds is 7. The molecule has 2 heterocycles. The molecule has 0 saturated heterocycles. The van der Waals surface area contributed by atoms with Crippen molar-refractivity contribution in [3.8, 4) is 11.1 Å². The molecule has 3 N–H and O–H groups in total. The van der Waals surface area contributed by atoms with E-state index in [-0.39, 0.29) is 5.79 Å². The van der Waals surface area contributed by atoms with Gasteiger partial charge in [0.15, 0.2) is 0 Å². The Hall–Kier alpha value is -1.82. The van der Waals surface area contributed by atoms with Gasteiger partial charge in [0, 0.05) is 24.8 Å². The summed E-state index contributed by atoms with van der Waals surface area (Å²) in [6, 6.07) is 6.12. The van der Waals surface area contributed by atoms with Gasteiger partial charge >= 0.3 is 0 Å². The molecule has 112 valence electrons. The Kier molecular flexibility index (Phi) is 5.38.